The van der Waals surface area contributed by atoms with Crippen molar-refractivity contribution in [3.63, 3.8) is 0 Å². The Morgan fingerprint density at radius 1 is 1.52 bits per heavy atom. The molecule has 0 aliphatic carbocycles. The predicted octanol–water partition coefficient (Wildman–Crippen LogP) is 3.14. The normalized spacial score (nSPS) is 14.6. The third-order valence-corrected chi connectivity index (χ3v) is 4.77. The summed E-state index contributed by atoms with van der Waals surface area (Å²) < 4.78 is 32.7. The molecule has 4 nitrogen and oxygen atoms in total. The molecular weight excluding hydrogens is 317 g/mol. The first-order valence-corrected chi connectivity index (χ1v) is 7.88. The van der Waals surface area contributed by atoms with E-state index in [0.29, 0.717) is 5.56 Å². The van der Waals surface area contributed by atoms with Crippen LogP contribution in [0.4, 0.5) is 4.39 Å². The summed E-state index contributed by atoms with van der Waals surface area (Å²) in [6.07, 6.45) is -0.0957. The van der Waals surface area contributed by atoms with Gasteiger partial charge in [-0.15, -0.1) is 4.72 Å². The number of ether oxygens (including phenoxy) is 1. The summed E-state index contributed by atoms with van der Waals surface area (Å²) in [5.41, 5.74) is 0.375. The molecule has 0 saturated heterocycles. The van der Waals surface area contributed by atoms with E-state index >= 15 is 0 Å². The maximum atomic E-state index is 13.6. The van der Waals surface area contributed by atoms with Gasteiger partial charge in [-0.1, -0.05) is 23.7 Å². The third-order valence-electron chi connectivity index (χ3n) is 2.76. The zero-order chi connectivity index (χ0) is 16.2. The van der Waals surface area contributed by atoms with Crippen LogP contribution >= 0.6 is 11.6 Å². The SMILES string of the molecule is COC(=O)C[C@H](N[S+]([O-])C(C)(C)C)c1cccc(F)c1Cl. The van der Waals surface area contributed by atoms with Crippen molar-refractivity contribution in [3.05, 3.63) is 34.6 Å². The van der Waals surface area contributed by atoms with Crippen LogP contribution in [-0.4, -0.2) is 22.4 Å². The summed E-state index contributed by atoms with van der Waals surface area (Å²) in [7, 11) is 1.26. The van der Waals surface area contributed by atoms with E-state index in [2.05, 4.69) is 9.46 Å². The van der Waals surface area contributed by atoms with E-state index in [9.17, 15) is 13.7 Å². The Morgan fingerprint density at radius 3 is 2.67 bits per heavy atom. The minimum absolute atomic E-state index is 0.0928. The third kappa shape index (κ3) is 5.14. The van der Waals surface area contributed by atoms with Crippen molar-refractivity contribution in [3.8, 4) is 0 Å². The molecule has 1 N–H and O–H groups in total. The van der Waals surface area contributed by atoms with Crippen molar-refractivity contribution in [1.29, 1.82) is 0 Å². The highest BCUT2D eigenvalue weighted by Gasteiger charge is 2.32. The van der Waals surface area contributed by atoms with Gasteiger partial charge in [0.25, 0.3) is 0 Å². The molecule has 0 aromatic heterocycles. The van der Waals surface area contributed by atoms with Gasteiger partial charge in [0, 0.05) is 11.4 Å². The van der Waals surface area contributed by atoms with Gasteiger partial charge in [-0.3, -0.25) is 4.79 Å². The Kier molecular flexibility index (Phi) is 6.46. The average Bonchev–Trinajstić information content (AvgIpc) is 2.39. The van der Waals surface area contributed by atoms with Crippen LogP contribution in [0.3, 0.4) is 0 Å². The van der Waals surface area contributed by atoms with Crippen LogP contribution in [0.5, 0.6) is 0 Å². The number of methoxy groups -OCH3 is 1. The molecule has 21 heavy (non-hydrogen) atoms. The zero-order valence-corrected chi connectivity index (χ0v) is 14.0. The number of nitrogens with one attached hydrogen (secondary N) is 1. The zero-order valence-electron chi connectivity index (χ0n) is 12.4. The van der Waals surface area contributed by atoms with Crippen molar-refractivity contribution >= 4 is 28.9 Å². The van der Waals surface area contributed by atoms with Crippen LogP contribution in [0.2, 0.25) is 5.02 Å². The number of hydrogen-bond acceptors (Lipinski definition) is 4. The topological polar surface area (TPSA) is 61.4 Å². The van der Waals surface area contributed by atoms with Crippen LogP contribution in [-0.2, 0) is 20.9 Å². The molecule has 118 valence electrons. The maximum Gasteiger partial charge on any atom is 0.307 e. The molecule has 0 bridgehead atoms. The fraction of sp³-hybridized carbons (Fsp3) is 0.500. The lowest BCUT2D eigenvalue weighted by Gasteiger charge is -2.28. The van der Waals surface area contributed by atoms with Gasteiger partial charge >= 0.3 is 5.97 Å². The fourth-order valence-electron chi connectivity index (χ4n) is 1.56. The van der Waals surface area contributed by atoms with Crippen molar-refractivity contribution in [2.45, 2.75) is 38.0 Å². The van der Waals surface area contributed by atoms with Gasteiger partial charge in [0.05, 0.1) is 24.6 Å². The molecule has 1 rings (SSSR count). The van der Waals surface area contributed by atoms with Crippen LogP contribution in [0.1, 0.15) is 38.8 Å². The smallest absolute Gasteiger partial charge is 0.307 e. The van der Waals surface area contributed by atoms with Gasteiger partial charge in [-0.25, -0.2) is 4.39 Å². The number of halogens is 2. The largest absolute Gasteiger partial charge is 0.598 e. The number of benzene rings is 1. The lowest BCUT2D eigenvalue weighted by atomic mass is 10.0. The van der Waals surface area contributed by atoms with Gasteiger partial charge in [-0.2, -0.15) is 0 Å². The monoisotopic (exact) mass is 335 g/mol. The van der Waals surface area contributed by atoms with E-state index in [0.717, 1.165) is 0 Å². The molecule has 0 amide bonds. The number of esters is 1. The van der Waals surface area contributed by atoms with Crippen molar-refractivity contribution in [2.75, 3.05) is 7.11 Å². The molecule has 2 atom stereocenters. The Bertz CT molecular complexity index is 507. The molecule has 7 heteroatoms. The molecule has 1 aromatic rings. The van der Waals surface area contributed by atoms with Gasteiger partial charge in [0.15, 0.2) is 0 Å². The molecule has 0 aliphatic heterocycles. The highest BCUT2D eigenvalue weighted by atomic mass is 35.5. The van der Waals surface area contributed by atoms with Gasteiger partial charge < -0.3 is 9.29 Å². The van der Waals surface area contributed by atoms with Crippen molar-refractivity contribution in [2.24, 2.45) is 0 Å². The minimum Gasteiger partial charge on any atom is -0.598 e. The predicted molar refractivity (Wildman–Crippen MR) is 81.8 cm³/mol. The van der Waals surface area contributed by atoms with Gasteiger partial charge in [-0.05, 0) is 32.4 Å². The number of hydrogen-bond donors (Lipinski definition) is 1. The number of carbonyl (C=O) groups excluding carboxylic acids is 1. The average molecular weight is 336 g/mol. The molecule has 1 unspecified atom stereocenters. The number of rotatable bonds is 5. The molecule has 1 aromatic carbocycles. The highest BCUT2D eigenvalue weighted by molar-refractivity contribution is 7.90. The lowest BCUT2D eigenvalue weighted by molar-refractivity contribution is -0.141. The summed E-state index contributed by atoms with van der Waals surface area (Å²) in [6, 6.07) is 3.61. The second-order valence-electron chi connectivity index (χ2n) is 5.47. The van der Waals surface area contributed by atoms with E-state index in [4.69, 9.17) is 11.6 Å². The first-order chi connectivity index (χ1) is 9.66. The second-order valence-corrected chi connectivity index (χ2v) is 7.85. The summed E-state index contributed by atoms with van der Waals surface area (Å²) in [6.45, 7) is 5.37. The van der Waals surface area contributed by atoms with Crippen LogP contribution in [0.15, 0.2) is 18.2 Å². The lowest BCUT2D eigenvalue weighted by Crippen LogP contribution is -2.42. The van der Waals surface area contributed by atoms with E-state index in [1.807, 2.05) is 0 Å². The summed E-state index contributed by atoms with van der Waals surface area (Å²) >= 11 is 4.51. The molecule has 0 spiro atoms. The highest BCUT2D eigenvalue weighted by Crippen LogP contribution is 2.29. The Hall–Kier alpha value is -0.820. The summed E-state index contributed by atoms with van der Waals surface area (Å²) in [4.78, 5) is 11.5. The van der Waals surface area contributed by atoms with Gasteiger partial charge in [0.1, 0.15) is 10.6 Å². The Labute approximate surface area is 132 Å². The van der Waals surface area contributed by atoms with Crippen molar-refractivity contribution < 1.29 is 18.5 Å². The van der Waals surface area contributed by atoms with E-state index < -0.39 is 33.9 Å². The molecule has 0 fully saturated rings. The standard InChI is InChI=1S/C14H19ClFNO3S/c1-14(2,3)21(19)17-11(8-12(18)20-4)9-6-5-7-10(16)13(9)15/h5-7,11,17H,8H2,1-4H3/t11-,21?/m0/s1. The first kappa shape index (κ1) is 18.2. The van der Waals surface area contributed by atoms with Crippen LogP contribution in [0.25, 0.3) is 0 Å². The Balaban J connectivity index is 3.07. The molecule has 0 radical (unpaired) electrons. The molecule has 0 aliphatic rings. The number of carbonyl (C=O) groups is 1. The van der Waals surface area contributed by atoms with Crippen LogP contribution in [0, 0.1) is 5.82 Å². The first-order valence-electron chi connectivity index (χ1n) is 6.35. The van der Waals surface area contributed by atoms with Gasteiger partial charge in [0.2, 0.25) is 0 Å². The van der Waals surface area contributed by atoms with E-state index in [1.54, 1.807) is 26.8 Å². The van der Waals surface area contributed by atoms with Crippen molar-refractivity contribution in [1.82, 2.24) is 4.72 Å². The molecular formula is C14H19ClFNO3S. The Morgan fingerprint density at radius 2 is 2.14 bits per heavy atom. The van der Waals surface area contributed by atoms with Crippen LogP contribution < -0.4 is 4.72 Å². The minimum atomic E-state index is -1.44. The quantitative estimate of drug-likeness (QED) is 0.663. The summed E-state index contributed by atoms with van der Waals surface area (Å²) in [5.74, 6) is -1.09. The maximum absolute atomic E-state index is 13.6. The second kappa shape index (κ2) is 7.45. The van der Waals surface area contributed by atoms with E-state index in [1.165, 1.54) is 19.2 Å². The molecule has 0 heterocycles. The fourth-order valence-corrected chi connectivity index (χ4v) is 2.64. The summed E-state index contributed by atoms with van der Waals surface area (Å²) in [5, 5.41) is -0.0928. The van der Waals surface area contributed by atoms with E-state index in [-0.39, 0.29) is 11.4 Å². The molecule has 0 saturated carbocycles.